The van der Waals surface area contributed by atoms with E-state index in [0.29, 0.717) is 0 Å². The molecule has 2 rings (SSSR count). The molecule has 2 aromatic carbocycles. The van der Waals surface area contributed by atoms with Gasteiger partial charge in [-0.15, -0.1) is 0 Å². The van der Waals surface area contributed by atoms with E-state index >= 15 is 0 Å². The normalized spacial score (nSPS) is 12.6. The fraction of sp³-hybridized carbons (Fsp3) is 0.300. The van der Waals surface area contributed by atoms with Crippen LogP contribution < -0.4 is 0 Å². The first kappa shape index (κ1) is 14.6. The summed E-state index contributed by atoms with van der Waals surface area (Å²) in [5.74, 6) is 0. The van der Waals surface area contributed by atoms with Crippen molar-refractivity contribution in [1.29, 1.82) is 0 Å². The minimum Gasteiger partial charge on any atom is -0.0710 e. The van der Waals surface area contributed by atoms with Gasteiger partial charge in [-0.3, -0.25) is 0 Å². The maximum Gasteiger partial charge on any atom is 0.00812 e. The van der Waals surface area contributed by atoms with Crippen LogP contribution in [0, 0.1) is 13.8 Å². The lowest BCUT2D eigenvalue weighted by Gasteiger charge is -2.23. The molecular formula is C20H24. The van der Waals surface area contributed by atoms with Gasteiger partial charge < -0.3 is 0 Å². The van der Waals surface area contributed by atoms with Crippen LogP contribution in [0.25, 0.3) is 5.57 Å². The fourth-order valence-corrected chi connectivity index (χ4v) is 2.51. The monoisotopic (exact) mass is 264 g/mol. The van der Waals surface area contributed by atoms with Crippen molar-refractivity contribution in [1.82, 2.24) is 0 Å². The zero-order valence-electron chi connectivity index (χ0n) is 13.2. The molecule has 0 aliphatic heterocycles. The summed E-state index contributed by atoms with van der Waals surface area (Å²) in [6, 6.07) is 17.6. The summed E-state index contributed by atoms with van der Waals surface area (Å²) in [4.78, 5) is 0. The van der Waals surface area contributed by atoms with Crippen molar-refractivity contribution in [2.45, 2.75) is 40.0 Å². The summed E-state index contributed by atoms with van der Waals surface area (Å²) in [6.45, 7) is 11.0. The largest absolute Gasteiger partial charge is 0.0710 e. The highest BCUT2D eigenvalue weighted by molar-refractivity contribution is 5.65. The van der Waals surface area contributed by atoms with Gasteiger partial charge in [0.15, 0.2) is 0 Å². The summed E-state index contributed by atoms with van der Waals surface area (Å²) < 4.78 is 0. The Kier molecular flexibility index (Phi) is 4.13. The van der Waals surface area contributed by atoms with Crippen molar-refractivity contribution in [2.75, 3.05) is 0 Å². The summed E-state index contributed by atoms with van der Waals surface area (Å²) in [7, 11) is 0. The average Bonchev–Trinajstić information content (AvgIpc) is 2.39. The van der Waals surface area contributed by atoms with Crippen LogP contribution in [0.15, 0.2) is 54.6 Å². The molecule has 0 saturated heterocycles. The van der Waals surface area contributed by atoms with E-state index in [1.165, 1.54) is 27.8 Å². The quantitative estimate of drug-likeness (QED) is 0.668. The zero-order valence-corrected chi connectivity index (χ0v) is 13.2. The van der Waals surface area contributed by atoms with E-state index in [4.69, 9.17) is 0 Å². The molecule has 104 valence electrons. The number of hydrogen-bond acceptors (Lipinski definition) is 0. The molecule has 0 aliphatic carbocycles. The molecule has 0 aromatic heterocycles. The number of allylic oxidation sites excluding steroid dienone is 2. The zero-order chi connectivity index (χ0) is 14.8. The molecule has 0 radical (unpaired) electrons. The number of rotatable bonds is 3. The number of hydrogen-bond donors (Lipinski definition) is 0. The van der Waals surface area contributed by atoms with E-state index in [-0.39, 0.29) is 5.41 Å². The van der Waals surface area contributed by atoms with Crippen LogP contribution in [0.3, 0.4) is 0 Å². The minimum atomic E-state index is 0.0443. The van der Waals surface area contributed by atoms with Gasteiger partial charge in [0.2, 0.25) is 0 Å². The first-order chi connectivity index (χ1) is 9.38. The van der Waals surface area contributed by atoms with Crippen molar-refractivity contribution in [3.05, 3.63) is 76.9 Å². The summed E-state index contributed by atoms with van der Waals surface area (Å²) in [5.41, 5.74) is 6.65. The van der Waals surface area contributed by atoms with Crippen molar-refractivity contribution in [2.24, 2.45) is 0 Å². The van der Waals surface area contributed by atoms with Gasteiger partial charge in [0.25, 0.3) is 0 Å². The van der Waals surface area contributed by atoms with Crippen LogP contribution in [-0.4, -0.2) is 0 Å². The third kappa shape index (κ3) is 3.39. The van der Waals surface area contributed by atoms with Gasteiger partial charge in [0.05, 0.1) is 0 Å². The Bertz CT molecular complexity index is 595. The average molecular weight is 264 g/mol. The molecule has 0 unspecified atom stereocenters. The van der Waals surface area contributed by atoms with E-state index in [9.17, 15) is 0 Å². The predicted octanol–water partition coefficient (Wildman–Crippen LogP) is 5.68. The molecule has 0 saturated carbocycles. The lowest BCUT2D eigenvalue weighted by atomic mass is 9.82. The molecule has 0 nitrogen and oxygen atoms in total. The first-order valence-corrected chi connectivity index (χ1v) is 7.22. The maximum absolute atomic E-state index is 2.36. The summed E-state index contributed by atoms with van der Waals surface area (Å²) in [5, 5.41) is 0. The van der Waals surface area contributed by atoms with Crippen LogP contribution in [0.5, 0.6) is 0 Å². The van der Waals surface area contributed by atoms with E-state index in [1.54, 1.807) is 0 Å². The van der Waals surface area contributed by atoms with Gasteiger partial charge in [-0.2, -0.15) is 0 Å². The Labute approximate surface area is 123 Å². The SMILES string of the molecule is C/C(=C\C(C)(C)c1ccc(C)cc1)c1ccc(C)cc1. The first-order valence-electron chi connectivity index (χ1n) is 7.22. The molecule has 0 amide bonds. The van der Waals surface area contributed by atoms with Gasteiger partial charge in [-0.05, 0) is 37.5 Å². The van der Waals surface area contributed by atoms with E-state index in [2.05, 4.69) is 89.2 Å². The van der Waals surface area contributed by atoms with Crippen LogP contribution in [-0.2, 0) is 5.41 Å². The number of benzene rings is 2. The van der Waals surface area contributed by atoms with Gasteiger partial charge in [-0.1, -0.05) is 79.6 Å². The summed E-state index contributed by atoms with van der Waals surface area (Å²) in [6.07, 6.45) is 2.36. The van der Waals surface area contributed by atoms with Gasteiger partial charge in [0, 0.05) is 5.41 Å². The standard InChI is InChI=1S/C20H24/c1-15-6-10-18(11-7-15)17(3)14-20(4,5)19-12-8-16(2)9-13-19/h6-14H,1-5H3/b17-14+. The third-order valence-electron chi connectivity index (χ3n) is 3.88. The molecule has 0 heterocycles. The Hall–Kier alpha value is -1.82. The Balaban J connectivity index is 2.31. The molecule has 0 spiro atoms. The highest BCUT2D eigenvalue weighted by Gasteiger charge is 2.17. The van der Waals surface area contributed by atoms with Crippen LogP contribution in [0.2, 0.25) is 0 Å². The second-order valence-electron chi connectivity index (χ2n) is 6.28. The molecule has 0 heteroatoms. The second kappa shape index (κ2) is 5.66. The molecular weight excluding hydrogens is 240 g/mol. The van der Waals surface area contributed by atoms with Crippen molar-refractivity contribution in [3.63, 3.8) is 0 Å². The minimum absolute atomic E-state index is 0.0443. The van der Waals surface area contributed by atoms with Crippen LogP contribution in [0.4, 0.5) is 0 Å². The van der Waals surface area contributed by atoms with Crippen molar-refractivity contribution < 1.29 is 0 Å². The maximum atomic E-state index is 2.36. The van der Waals surface area contributed by atoms with Gasteiger partial charge in [-0.25, -0.2) is 0 Å². The van der Waals surface area contributed by atoms with E-state index in [1.807, 2.05) is 0 Å². The van der Waals surface area contributed by atoms with E-state index in [0.717, 1.165) is 0 Å². The highest BCUT2D eigenvalue weighted by Crippen LogP contribution is 2.29. The Morgan fingerprint density at radius 2 is 1.25 bits per heavy atom. The van der Waals surface area contributed by atoms with Gasteiger partial charge in [0.1, 0.15) is 0 Å². The smallest absolute Gasteiger partial charge is 0.00812 e. The molecule has 2 aromatic rings. The fourth-order valence-electron chi connectivity index (χ4n) is 2.51. The Morgan fingerprint density at radius 1 is 0.800 bits per heavy atom. The molecule has 0 bridgehead atoms. The van der Waals surface area contributed by atoms with E-state index < -0.39 is 0 Å². The molecule has 20 heavy (non-hydrogen) atoms. The number of aryl methyl sites for hydroxylation is 2. The van der Waals surface area contributed by atoms with Crippen LogP contribution in [0.1, 0.15) is 43.0 Å². The molecule has 0 fully saturated rings. The Morgan fingerprint density at radius 3 is 1.75 bits per heavy atom. The lowest BCUT2D eigenvalue weighted by molar-refractivity contribution is 0.671. The van der Waals surface area contributed by atoms with Crippen LogP contribution >= 0.6 is 0 Å². The lowest BCUT2D eigenvalue weighted by Crippen LogP contribution is -2.14. The summed E-state index contributed by atoms with van der Waals surface area (Å²) >= 11 is 0. The third-order valence-corrected chi connectivity index (χ3v) is 3.88. The molecule has 0 aliphatic rings. The van der Waals surface area contributed by atoms with Crippen molar-refractivity contribution in [3.8, 4) is 0 Å². The topological polar surface area (TPSA) is 0 Å². The van der Waals surface area contributed by atoms with Gasteiger partial charge >= 0.3 is 0 Å². The molecule has 0 N–H and O–H groups in total. The predicted molar refractivity (Wildman–Crippen MR) is 89.0 cm³/mol. The molecule has 0 atom stereocenters. The van der Waals surface area contributed by atoms with Crippen molar-refractivity contribution >= 4 is 5.57 Å². The highest BCUT2D eigenvalue weighted by atomic mass is 14.2. The second-order valence-corrected chi connectivity index (χ2v) is 6.28.